The van der Waals surface area contributed by atoms with Crippen molar-refractivity contribution in [2.75, 3.05) is 5.33 Å². The van der Waals surface area contributed by atoms with Crippen molar-refractivity contribution >= 4 is 15.9 Å². The Morgan fingerprint density at radius 1 is 1.12 bits per heavy atom. The summed E-state index contributed by atoms with van der Waals surface area (Å²) in [7, 11) is 0. The molecule has 16 heavy (non-hydrogen) atoms. The summed E-state index contributed by atoms with van der Waals surface area (Å²) in [6.45, 7) is 6.82. The quantitative estimate of drug-likeness (QED) is 0.645. The molecule has 0 N–H and O–H groups in total. The van der Waals surface area contributed by atoms with Crippen molar-refractivity contribution in [1.29, 1.82) is 0 Å². The van der Waals surface area contributed by atoms with Crippen LogP contribution in [0, 0.1) is 18.8 Å². The van der Waals surface area contributed by atoms with Gasteiger partial charge in [-0.15, -0.1) is 0 Å². The lowest BCUT2D eigenvalue weighted by molar-refractivity contribution is 0.455. The monoisotopic (exact) mass is 282 g/mol. The fraction of sp³-hybridized carbons (Fsp3) is 0.600. The van der Waals surface area contributed by atoms with Crippen LogP contribution in [0.1, 0.15) is 37.8 Å². The molecule has 0 saturated heterocycles. The first kappa shape index (κ1) is 13.8. The second-order valence-electron chi connectivity index (χ2n) is 5.12. The number of benzene rings is 1. The van der Waals surface area contributed by atoms with Gasteiger partial charge in [0.1, 0.15) is 0 Å². The Balaban J connectivity index is 2.53. The van der Waals surface area contributed by atoms with Gasteiger partial charge in [0, 0.05) is 5.33 Å². The molecule has 1 unspecified atom stereocenters. The Morgan fingerprint density at radius 2 is 1.81 bits per heavy atom. The molecule has 1 aromatic carbocycles. The van der Waals surface area contributed by atoms with Crippen molar-refractivity contribution in [3.05, 3.63) is 35.4 Å². The van der Waals surface area contributed by atoms with E-state index >= 15 is 0 Å². The highest BCUT2D eigenvalue weighted by atomic mass is 79.9. The molecule has 1 atom stereocenters. The lowest BCUT2D eigenvalue weighted by atomic mass is 9.92. The van der Waals surface area contributed by atoms with Gasteiger partial charge in [0.2, 0.25) is 0 Å². The topological polar surface area (TPSA) is 0 Å². The van der Waals surface area contributed by atoms with Crippen LogP contribution in [0.2, 0.25) is 0 Å². The van der Waals surface area contributed by atoms with Gasteiger partial charge >= 0.3 is 0 Å². The second-order valence-corrected chi connectivity index (χ2v) is 5.77. The molecule has 0 radical (unpaired) electrons. The van der Waals surface area contributed by atoms with E-state index in [1.54, 1.807) is 0 Å². The molecular weight excluding hydrogens is 260 g/mol. The Morgan fingerprint density at radius 3 is 2.38 bits per heavy atom. The third-order valence-corrected chi connectivity index (χ3v) is 4.06. The molecule has 0 aliphatic rings. The van der Waals surface area contributed by atoms with Crippen molar-refractivity contribution in [1.82, 2.24) is 0 Å². The fourth-order valence-corrected chi connectivity index (χ4v) is 2.51. The van der Waals surface area contributed by atoms with Gasteiger partial charge in [-0.1, -0.05) is 60.5 Å². The molecular formula is C15H23Br. The maximum Gasteiger partial charge on any atom is 0.00628 e. The normalized spacial score (nSPS) is 13.1. The minimum atomic E-state index is 0.781. The van der Waals surface area contributed by atoms with Gasteiger partial charge in [-0.3, -0.25) is 0 Å². The molecule has 0 nitrogen and oxygen atoms in total. The first-order chi connectivity index (χ1) is 7.63. The molecule has 90 valence electrons. The predicted octanol–water partition coefficient (Wildman–Crippen LogP) is 4.98. The lowest BCUT2D eigenvalue weighted by Crippen LogP contribution is -2.08. The van der Waals surface area contributed by atoms with Crippen molar-refractivity contribution < 1.29 is 0 Å². The van der Waals surface area contributed by atoms with E-state index in [0.29, 0.717) is 0 Å². The summed E-state index contributed by atoms with van der Waals surface area (Å²) in [5.74, 6) is 1.60. The second kappa shape index (κ2) is 7.11. The summed E-state index contributed by atoms with van der Waals surface area (Å²) in [6, 6.07) is 8.75. The Kier molecular flexibility index (Phi) is 6.12. The van der Waals surface area contributed by atoms with E-state index < -0.39 is 0 Å². The summed E-state index contributed by atoms with van der Waals surface area (Å²) in [5.41, 5.74) is 2.94. The van der Waals surface area contributed by atoms with Crippen LogP contribution in [0.15, 0.2) is 24.3 Å². The summed E-state index contributed by atoms with van der Waals surface area (Å²) in [4.78, 5) is 0. The van der Waals surface area contributed by atoms with E-state index in [1.807, 2.05) is 0 Å². The van der Waals surface area contributed by atoms with Crippen molar-refractivity contribution in [2.45, 2.75) is 40.0 Å². The molecule has 0 amide bonds. The van der Waals surface area contributed by atoms with E-state index in [2.05, 4.69) is 61.0 Å². The van der Waals surface area contributed by atoms with Gasteiger partial charge < -0.3 is 0 Å². The van der Waals surface area contributed by atoms with Crippen molar-refractivity contribution in [3.8, 4) is 0 Å². The van der Waals surface area contributed by atoms with Crippen molar-refractivity contribution in [3.63, 3.8) is 0 Å². The molecule has 0 aliphatic carbocycles. The third kappa shape index (κ3) is 4.69. The molecule has 0 bridgehead atoms. The zero-order valence-electron chi connectivity index (χ0n) is 10.7. The Hall–Kier alpha value is -0.300. The minimum Gasteiger partial charge on any atom is -0.0925 e. The number of hydrogen-bond donors (Lipinski definition) is 0. The maximum atomic E-state index is 3.65. The summed E-state index contributed by atoms with van der Waals surface area (Å²) >= 11 is 3.65. The molecule has 0 aromatic heterocycles. The van der Waals surface area contributed by atoms with Gasteiger partial charge in [0.15, 0.2) is 0 Å². The zero-order valence-corrected chi connectivity index (χ0v) is 12.3. The van der Waals surface area contributed by atoms with E-state index in [9.17, 15) is 0 Å². The van der Waals surface area contributed by atoms with E-state index in [-0.39, 0.29) is 0 Å². The molecule has 1 aromatic rings. The Bertz CT molecular complexity index is 304. The highest BCUT2D eigenvalue weighted by Crippen LogP contribution is 2.21. The molecule has 1 heteroatoms. The smallest absolute Gasteiger partial charge is 0.00628 e. The first-order valence-corrected chi connectivity index (χ1v) is 7.36. The molecule has 1 rings (SSSR count). The number of halogens is 1. The molecule has 0 heterocycles. The number of rotatable bonds is 6. The molecule has 0 saturated carbocycles. The van der Waals surface area contributed by atoms with Crippen LogP contribution in [0.4, 0.5) is 0 Å². The molecule has 0 aliphatic heterocycles. The van der Waals surface area contributed by atoms with E-state index in [0.717, 1.165) is 17.2 Å². The van der Waals surface area contributed by atoms with Crippen LogP contribution in [0.5, 0.6) is 0 Å². The third-order valence-electron chi connectivity index (χ3n) is 3.14. The first-order valence-electron chi connectivity index (χ1n) is 6.24. The van der Waals surface area contributed by atoms with Crippen LogP contribution < -0.4 is 0 Å². The van der Waals surface area contributed by atoms with Gasteiger partial charge in [-0.25, -0.2) is 0 Å². The number of alkyl halides is 1. The van der Waals surface area contributed by atoms with E-state index in [1.165, 1.54) is 30.4 Å². The Labute approximate surface area is 109 Å². The van der Waals surface area contributed by atoms with Gasteiger partial charge in [0.05, 0.1) is 0 Å². The highest BCUT2D eigenvalue weighted by molar-refractivity contribution is 9.09. The predicted molar refractivity (Wildman–Crippen MR) is 76.2 cm³/mol. The van der Waals surface area contributed by atoms with Gasteiger partial charge in [0.25, 0.3) is 0 Å². The van der Waals surface area contributed by atoms with Crippen LogP contribution in [0.3, 0.4) is 0 Å². The average molecular weight is 283 g/mol. The largest absolute Gasteiger partial charge is 0.0925 e. The van der Waals surface area contributed by atoms with Gasteiger partial charge in [-0.05, 0) is 42.7 Å². The van der Waals surface area contributed by atoms with Crippen LogP contribution in [-0.2, 0) is 6.42 Å². The SMILES string of the molecule is Cc1ccccc1CC(CBr)CCC(C)C. The average Bonchev–Trinajstić information content (AvgIpc) is 2.26. The standard InChI is InChI=1S/C15H23Br/c1-12(2)8-9-14(11-16)10-15-7-5-4-6-13(15)3/h4-7,12,14H,8-11H2,1-3H3. The van der Waals surface area contributed by atoms with E-state index in [4.69, 9.17) is 0 Å². The minimum absolute atomic E-state index is 0.781. The maximum absolute atomic E-state index is 3.65. The highest BCUT2D eigenvalue weighted by Gasteiger charge is 2.10. The number of hydrogen-bond acceptors (Lipinski definition) is 0. The van der Waals surface area contributed by atoms with Crippen LogP contribution >= 0.6 is 15.9 Å². The summed E-state index contributed by atoms with van der Waals surface area (Å²) in [6.07, 6.45) is 3.88. The summed E-state index contributed by atoms with van der Waals surface area (Å²) < 4.78 is 0. The fourth-order valence-electron chi connectivity index (χ4n) is 1.95. The van der Waals surface area contributed by atoms with Crippen molar-refractivity contribution in [2.24, 2.45) is 11.8 Å². The number of aryl methyl sites for hydroxylation is 1. The zero-order chi connectivity index (χ0) is 12.0. The molecule has 0 spiro atoms. The lowest BCUT2D eigenvalue weighted by Gasteiger charge is -2.16. The van der Waals surface area contributed by atoms with Gasteiger partial charge in [-0.2, -0.15) is 0 Å². The summed E-state index contributed by atoms with van der Waals surface area (Å²) in [5, 5.41) is 1.12. The van der Waals surface area contributed by atoms with Crippen LogP contribution in [-0.4, -0.2) is 5.33 Å². The van der Waals surface area contributed by atoms with Crippen LogP contribution in [0.25, 0.3) is 0 Å². The molecule has 0 fully saturated rings.